The van der Waals surface area contributed by atoms with Gasteiger partial charge in [-0.3, -0.25) is 14.8 Å². The molecule has 0 bridgehead atoms. The van der Waals surface area contributed by atoms with Crippen molar-refractivity contribution in [2.24, 2.45) is 0 Å². The number of carbonyl (C=O) groups excluding carboxylic acids is 1. The summed E-state index contributed by atoms with van der Waals surface area (Å²) in [5.41, 5.74) is 4.51. The van der Waals surface area contributed by atoms with Crippen molar-refractivity contribution in [1.29, 1.82) is 0 Å². The van der Waals surface area contributed by atoms with E-state index in [9.17, 15) is 4.79 Å². The van der Waals surface area contributed by atoms with Crippen LogP contribution in [0.1, 0.15) is 16.2 Å². The standard InChI is InChI=1S/C18H13N5O/c1-12-3-2-4-18(21-12)23-17(10-14(11-24)22-23)13-5-6-15-16(9-13)20-8-7-19-15/h2-11H,1H3. The highest BCUT2D eigenvalue weighted by Gasteiger charge is 2.13. The SMILES string of the molecule is Cc1cccc(-n2nc(C=O)cc2-c2ccc3nccnc3c2)n1. The minimum absolute atomic E-state index is 0.354. The van der Waals surface area contributed by atoms with Crippen LogP contribution in [-0.2, 0) is 0 Å². The molecule has 0 saturated carbocycles. The lowest BCUT2D eigenvalue weighted by Gasteiger charge is -2.08. The molecule has 3 aromatic heterocycles. The maximum absolute atomic E-state index is 11.2. The summed E-state index contributed by atoms with van der Waals surface area (Å²) in [6.07, 6.45) is 4.05. The average Bonchev–Trinajstić information content (AvgIpc) is 3.06. The van der Waals surface area contributed by atoms with Gasteiger partial charge < -0.3 is 0 Å². The van der Waals surface area contributed by atoms with Crippen LogP contribution in [0.3, 0.4) is 0 Å². The van der Waals surface area contributed by atoms with E-state index in [2.05, 4.69) is 20.1 Å². The van der Waals surface area contributed by atoms with Crippen LogP contribution in [0.25, 0.3) is 28.1 Å². The first-order chi connectivity index (χ1) is 11.7. The van der Waals surface area contributed by atoms with Crippen LogP contribution in [0.2, 0.25) is 0 Å². The van der Waals surface area contributed by atoms with Gasteiger partial charge in [-0.1, -0.05) is 12.1 Å². The van der Waals surface area contributed by atoms with Crippen LogP contribution >= 0.6 is 0 Å². The van der Waals surface area contributed by atoms with Gasteiger partial charge in [0, 0.05) is 23.7 Å². The number of hydrogen-bond acceptors (Lipinski definition) is 5. The second-order valence-electron chi connectivity index (χ2n) is 5.38. The molecule has 3 heterocycles. The molecule has 0 aliphatic rings. The highest BCUT2D eigenvalue weighted by molar-refractivity contribution is 5.82. The molecule has 0 aliphatic carbocycles. The molecule has 0 unspecified atom stereocenters. The number of nitrogens with zero attached hydrogens (tertiary/aromatic N) is 5. The smallest absolute Gasteiger partial charge is 0.170 e. The van der Waals surface area contributed by atoms with Gasteiger partial charge >= 0.3 is 0 Å². The minimum atomic E-state index is 0.354. The normalized spacial score (nSPS) is 10.9. The number of rotatable bonds is 3. The second kappa shape index (κ2) is 5.66. The summed E-state index contributed by atoms with van der Waals surface area (Å²) < 4.78 is 1.67. The first-order valence-corrected chi connectivity index (χ1v) is 7.45. The molecule has 0 N–H and O–H groups in total. The van der Waals surface area contributed by atoms with Crippen molar-refractivity contribution in [3.05, 3.63) is 66.2 Å². The Morgan fingerprint density at radius 2 is 1.83 bits per heavy atom. The summed E-state index contributed by atoms with van der Waals surface area (Å²) >= 11 is 0. The predicted molar refractivity (Wildman–Crippen MR) is 90.0 cm³/mol. The molecule has 116 valence electrons. The Morgan fingerprint density at radius 1 is 1.00 bits per heavy atom. The van der Waals surface area contributed by atoms with Crippen molar-refractivity contribution in [3.8, 4) is 17.1 Å². The summed E-state index contributed by atoms with van der Waals surface area (Å²) in [7, 11) is 0. The van der Waals surface area contributed by atoms with E-state index in [1.165, 1.54) is 0 Å². The lowest BCUT2D eigenvalue weighted by molar-refractivity contribution is 0.111. The Morgan fingerprint density at radius 3 is 2.62 bits per heavy atom. The van der Waals surface area contributed by atoms with E-state index in [0.29, 0.717) is 11.5 Å². The van der Waals surface area contributed by atoms with Crippen molar-refractivity contribution in [3.63, 3.8) is 0 Å². The quantitative estimate of drug-likeness (QED) is 0.543. The van der Waals surface area contributed by atoms with Gasteiger partial charge in [-0.2, -0.15) is 5.10 Å². The summed E-state index contributed by atoms with van der Waals surface area (Å²) in [5, 5.41) is 4.35. The Kier molecular flexibility index (Phi) is 3.35. The van der Waals surface area contributed by atoms with Crippen molar-refractivity contribution >= 4 is 17.3 Å². The van der Waals surface area contributed by atoms with Crippen LogP contribution in [0.5, 0.6) is 0 Å². The highest BCUT2D eigenvalue weighted by Crippen LogP contribution is 2.25. The summed E-state index contributed by atoms with van der Waals surface area (Å²) in [5.74, 6) is 0.664. The summed E-state index contributed by atoms with van der Waals surface area (Å²) in [6, 6.07) is 13.2. The van der Waals surface area contributed by atoms with Crippen molar-refractivity contribution in [2.45, 2.75) is 6.92 Å². The zero-order valence-corrected chi connectivity index (χ0v) is 12.9. The molecular weight excluding hydrogens is 302 g/mol. The number of pyridine rings is 1. The molecule has 4 aromatic rings. The van der Waals surface area contributed by atoms with Crippen molar-refractivity contribution < 1.29 is 4.79 Å². The number of fused-ring (bicyclic) bond motifs is 1. The molecule has 0 atom stereocenters. The number of aldehydes is 1. The van der Waals surface area contributed by atoms with Crippen LogP contribution in [-0.4, -0.2) is 31.0 Å². The molecule has 0 amide bonds. The van der Waals surface area contributed by atoms with E-state index >= 15 is 0 Å². The van der Waals surface area contributed by atoms with E-state index in [0.717, 1.165) is 34.3 Å². The molecular formula is C18H13N5O. The van der Waals surface area contributed by atoms with Crippen molar-refractivity contribution in [1.82, 2.24) is 24.7 Å². The van der Waals surface area contributed by atoms with Gasteiger partial charge in [0.25, 0.3) is 0 Å². The fraction of sp³-hybridized carbons (Fsp3) is 0.0556. The number of benzene rings is 1. The third kappa shape index (κ3) is 2.44. The molecule has 24 heavy (non-hydrogen) atoms. The fourth-order valence-corrected chi connectivity index (χ4v) is 2.61. The number of aromatic nitrogens is 5. The van der Waals surface area contributed by atoms with E-state index in [1.807, 2.05) is 43.3 Å². The largest absolute Gasteiger partial charge is 0.296 e. The summed E-state index contributed by atoms with van der Waals surface area (Å²) in [6.45, 7) is 1.92. The Bertz CT molecular complexity index is 1050. The van der Waals surface area contributed by atoms with Gasteiger partial charge in [0.05, 0.1) is 16.7 Å². The highest BCUT2D eigenvalue weighted by atomic mass is 16.1. The zero-order valence-electron chi connectivity index (χ0n) is 12.9. The maximum atomic E-state index is 11.2. The van der Waals surface area contributed by atoms with E-state index in [-0.39, 0.29) is 0 Å². The topological polar surface area (TPSA) is 73.6 Å². The van der Waals surface area contributed by atoms with E-state index < -0.39 is 0 Å². The summed E-state index contributed by atoms with van der Waals surface area (Å²) in [4.78, 5) is 24.3. The Balaban J connectivity index is 1.93. The van der Waals surface area contributed by atoms with Gasteiger partial charge in [-0.15, -0.1) is 0 Å². The van der Waals surface area contributed by atoms with E-state index in [1.54, 1.807) is 23.1 Å². The van der Waals surface area contributed by atoms with Crippen LogP contribution in [0, 0.1) is 6.92 Å². The first-order valence-electron chi connectivity index (χ1n) is 7.45. The van der Waals surface area contributed by atoms with Gasteiger partial charge in [0.2, 0.25) is 0 Å². The fourth-order valence-electron chi connectivity index (χ4n) is 2.61. The van der Waals surface area contributed by atoms with Gasteiger partial charge in [-0.05, 0) is 37.3 Å². The molecule has 0 aliphatic heterocycles. The van der Waals surface area contributed by atoms with Crippen molar-refractivity contribution in [2.75, 3.05) is 0 Å². The zero-order chi connectivity index (χ0) is 16.5. The number of aryl methyl sites for hydroxylation is 1. The maximum Gasteiger partial charge on any atom is 0.170 e. The van der Waals surface area contributed by atoms with Crippen LogP contribution in [0.4, 0.5) is 0 Å². The molecule has 6 nitrogen and oxygen atoms in total. The molecule has 0 saturated heterocycles. The lowest BCUT2D eigenvalue weighted by atomic mass is 10.1. The third-order valence-corrected chi connectivity index (χ3v) is 3.70. The first kappa shape index (κ1) is 14.2. The number of carbonyl (C=O) groups is 1. The third-order valence-electron chi connectivity index (χ3n) is 3.70. The molecule has 4 rings (SSSR count). The predicted octanol–water partition coefficient (Wildman–Crippen LogP) is 3.00. The van der Waals surface area contributed by atoms with Gasteiger partial charge in [0.1, 0.15) is 5.69 Å². The lowest BCUT2D eigenvalue weighted by Crippen LogP contribution is -2.03. The van der Waals surface area contributed by atoms with E-state index in [4.69, 9.17) is 0 Å². The molecule has 0 radical (unpaired) electrons. The van der Waals surface area contributed by atoms with Gasteiger partial charge in [-0.25, -0.2) is 9.67 Å². The Labute approximate surface area is 137 Å². The van der Waals surface area contributed by atoms with Crippen LogP contribution < -0.4 is 0 Å². The Hall–Kier alpha value is -3.41. The molecule has 0 spiro atoms. The molecule has 1 aromatic carbocycles. The monoisotopic (exact) mass is 315 g/mol. The average molecular weight is 315 g/mol. The van der Waals surface area contributed by atoms with Gasteiger partial charge in [0.15, 0.2) is 12.1 Å². The van der Waals surface area contributed by atoms with Crippen LogP contribution in [0.15, 0.2) is 54.9 Å². The second-order valence-corrected chi connectivity index (χ2v) is 5.38. The molecule has 0 fully saturated rings. The number of hydrogen-bond donors (Lipinski definition) is 0. The minimum Gasteiger partial charge on any atom is -0.296 e. The molecule has 6 heteroatoms.